The molecule has 0 radical (unpaired) electrons. The Balaban J connectivity index is 1.43. The molecular formula is C18H29N7O. The molecule has 1 aliphatic rings. The van der Waals surface area contributed by atoms with Gasteiger partial charge in [0, 0.05) is 32.4 Å². The van der Waals surface area contributed by atoms with Crippen LogP contribution in [0.4, 0.5) is 0 Å². The van der Waals surface area contributed by atoms with Gasteiger partial charge in [-0.3, -0.25) is 9.30 Å². The maximum Gasteiger partial charge on any atom is 0.191 e. The van der Waals surface area contributed by atoms with E-state index in [9.17, 15) is 0 Å². The molecule has 8 heteroatoms. The van der Waals surface area contributed by atoms with Crippen LogP contribution >= 0.6 is 0 Å². The van der Waals surface area contributed by atoms with Crippen molar-refractivity contribution >= 4 is 11.6 Å². The molecule has 0 aromatic carbocycles. The van der Waals surface area contributed by atoms with Gasteiger partial charge in [-0.15, -0.1) is 10.2 Å². The Kier molecular flexibility index (Phi) is 7.21. The molecule has 26 heavy (non-hydrogen) atoms. The highest BCUT2D eigenvalue weighted by atomic mass is 16.5. The number of rotatable bonds is 8. The van der Waals surface area contributed by atoms with Gasteiger partial charge in [-0.1, -0.05) is 6.07 Å². The van der Waals surface area contributed by atoms with Gasteiger partial charge in [0.25, 0.3) is 0 Å². The van der Waals surface area contributed by atoms with E-state index in [0.717, 1.165) is 69.8 Å². The molecule has 0 saturated carbocycles. The van der Waals surface area contributed by atoms with Gasteiger partial charge in [0.1, 0.15) is 6.54 Å². The Labute approximate surface area is 154 Å². The van der Waals surface area contributed by atoms with E-state index in [4.69, 9.17) is 4.74 Å². The van der Waals surface area contributed by atoms with Crippen molar-refractivity contribution in [2.45, 2.75) is 26.3 Å². The molecule has 0 aliphatic carbocycles. The number of nitrogens with one attached hydrogen (secondary N) is 2. The van der Waals surface area contributed by atoms with Crippen LogP contribution in [-0.4, -0.2) is 71.4 Å². The number of aromatic nitrogens is 3. The van der Waals surface area contributed by atoms with Gasteiger partial charge in [-0.05, 0) is 38.4 Å². The van der Waals surface area contributed by atoms with E-state index in [0.29, 0.717) is 6.54 Å². The lowest BCUT2D eigenvalue weighted by molar-refractivity contribution is 0.0372. The molecule has 0 atom stereocenters. The van der Waals surface area contributed by atoms with E-state index in [1.54, 1.807) is 0 Å². The van der Waals surface area contributed by atoms with Crippen LogP contribution in [0.3, 0.4) is 0 Å². The molecule has 3 rings (SSSR count). The maximum absolute atomic E-state index is 5.38. The minimum absolute atomic E-state index is 0.494. The average molecular weight is 359 g/mol. The number of pyridine rings is 1. The Morgan fingerprint density at radius 2 is 2.08 bits per heavy atom. The van der Waals surface area contributed by atoms with E-state index >= 15 is 0 Å². The summed E-state index contributed by atoms with van der Waals surface area (Å²) in [6.07, 6.45) is 4.27. The lowest BCUT2D eigenvalue weighted by atomic mass is 10.3. The minimum Gasteiger partial charge on any atom is -0.379 e. The molecule has 0 spiro atoms. The van der Waals surface area contributed by atoms with Crippen LogP contribution in [0.25, 0.3) is 5.65 Å². The second kappa shape index (κ2) is 10.1. The van der Waals surface area contributed by atoms with Gasteiger partial charge in [-0.2, -0.15) is 0 Å². The summed E-state index contributed by atoms with van der Waals surface area (Å²) in [5.41, 5.74) is 0.846. The van der Waals surface area contributed by atoms with Crippen molar-refractivity contribution in [1.82, 2.24) is 30.1 Å². The van der Waals surface area contributed by atoms with Crippen molar-refractivity contribution in [1.29, 1.82) is 0 Å². The number of morpholine rings is 1. The number of hydrogen-bond donors (Lipinski definition) is 2. The molecule has 1 fully saturated rings. The van der Waals surface area contributed by atoms with E-state index in [-0.39, 0.29) is 0 Å². The van der Waals surface area contributed by atoms with Gasteiger partial charge in [-0.25, -0.2) is 4.99 Å². The van der Waals surface area contributed by atoms with Crippen molar-refractivity contribution in [2.24, 2.45) is 4.99 Å². The Hall–Kier alpha value is -2.19. The largest absolute Gasteiger partial charge is 0.379 e. The first-order valence-corrected chi connectivity index (χ1v) is 9.47. The Bertz CT molecular complexity index is 694. The van der Waals surface area contributed by atoms with Crippen LogP contribution in [0.5, 0.6) is 0 Å². The van der Waals surface area contributed by atoms with Gasteiger partial charge < -0.3 is 15.4 Å². The van der Waals surface area contributed by atoms with Crippen molar-refractivity contribution in [3.05, 3.63) is 30.2 Å². The molecule has 1 aliphatic heterocycles. The summed E-state index contributed by atoms with van der Waals surface area (Å²) in [4.78, 5) is 7.11. The molecule has 142 valence electrons. The van der Waals surface area contributed by atoms with Crippen LogP contribution < -0.4 is 10.6 Å². The summed E-state index contributed by atoms with van der Waals surface area (Å²) in [6, 6.07) is 5.87. The van der Waals surface area contributed by atoms with Crippen LogP contribution in [0.15, 0.2) is 29.4 Å². The monoisotopic (exact) mass is 359 g/mol. The van der Waals surface area contributed by atoms with Crippen molar-refractivity contribution in [3.8, 4) is 0 Å². The number of hydrogen-bond acceptors (Lipinski definition) is 5. The smallest absolute Gasteiger partial charge is 0.191 e. The third-order valence-corrected chi connectivity index (χ3v) is 4.40. The molecule has 2 N–H and O–H groups in total. The van der Waals surface area contributed by atoms with Gasteiger partial charge >= 0.3 is 0 Å². The van der Waals surface area contributed by atoms with Gasteiger partial charge in [0.15, 0.2) is 17.4 Å². The highest BCUT2D eigenvalue weighted by Gasteiger charge is 2.09. The number of nitrogens with zero attached hydrogens (tertiary/aromatic N) is 5. The zero-order valence-electron chi connectivity index (χ0n) is 15.5. The topological polar surface area (TPSA) is 79.1 Å². The molecule has 0 amide bonds. The SMILES string of the molecule is CCNC(=NCc1nnc2ccccn12)NCCCCN1CCOCC1. The number of guanidine groups is 1. The first-order valence-electron chi connectivity index (χ1n) is 9.47. The lowest BCUT2D eigenvalue weighted by Gasteiger charge is -2.26. The zero-order chi connectivity index (χ0) is 18.0. The van der Waals surface area contributed by atoms with E-state index < -0.39 is 0 Å². The van der Waals surface area contributed by atoms with Gasteiger partial charge in [0.2, 0.25) is 0 Å². The van der Waals surface area contributed by atoms with Crippen LogP contribution in [-0.2, 0) is 11.3 Å². The predicted molar refractivity (Wildman–Crippen MR) is 102 cm³/mol. The van der Waals surface area contributed by atoms with Crippen molar-refractivity contribution in [2.75, 3.05) is 45.9 Å². The molecule has 8 nitrogen and oxygen atoms in total. The molecular weight excluding hydrogens is 330 g/mol. The molecule has 3 heterocycles. The van der Waals surface area contributed by atoms with E-state index in [2.05, 4.69) is 37.6 Å². The van der Waals surface area contributed by atoms with Crippen LogP contribution in [0, 0.1) is 0 Å². The Morgan fingerprint density at radius 1 is 1.19 bits per heavy atom. The maximum atomic E-state index is 5.38. The predicted octanol–water partition coefficient (Wildman–Crippen LogP) is 0.897. The average Bonchev–Trinajstić information content (AvgIpc) is 3.10. The summed E-state index contributed by atoms with van der Waals surface area (Å²) in [5, 5.41) is 15.1. The summed E-state index contributed by atoms with van der Waals surface area (Å²) in [7, 11) is 0. The highest BCUT2D eigenvalue weighted by Crippen LogP contribution is 2.04. The number of fused-ring (bicyclic) bond motifs is 1. The molecule has 1 saturated heterocycles. The number of ether oxygens (including phenoxy) is 1. The summed E-state index contributed by atoms with van der Waals surface area (Å²) in [5.74, 6) is 1.66. The molecule has 2 aromatic heterocycles. The molecule has 0 bridgehead atoms. The fourth-order valence-electron chi connectivity index (χ4n) is 2.98. The van der Waals surface area contributed by atoms with Gasteiger partial charge in [0.05, 0.1) is 13.2 Å². The zero-order valence-corrected chi connectivity index (χ0v) is 15.5. The minimum atomic E-state index is 0.494. The first kappa shape index (κ1) is 18.6. The summed E-state index contributed by atoms with van der Waals surface area (Å²) in [6.45, 7) is 9.31. The van der Waals surface area contributed by atoms with Crippen molar-refractivity contribution in [3.63, 3.8) is 0 Å². The second-order valence-electron chi connectivity index (χ2n) is 6.33. The van der Waals surface area contributed by atoms with Crippen LogP contribution in [0.1, 0.15) is 25.6 Å². The molecule has 0 unspecified atom stereocenters. The molecule has 2 aromatic rings. The summed E-state index contributed by atoms with van der Waals surface area (Å²) >= 11 is 0. The Morgan fingerprint density at radius 3 is 2.92 bits per heavy atom. The summed E-state index contributed by atoms with van der Waals surface area (Å²) < 4.78 is 7.35. The van der Waals surface area contributed by atoms with E-state index in [1.165, 1.54) is 6.42 Å². The lowest BCUT2D eigenvalue weighted by Crippen LogP contribution is -2.39. The fraction of sp³-hybridized carbons (Fsp3) is 0.611. The second-order valence-corrected chi connectivity index (χ2v) is 6.33. The number of unbranched alkanes of at least 4 members (excludes halogenated alkanes) is 1. The standard InChI is InChI=1S/C18H29N7O/c1-2-19-18(20-8-4-6-9-24-11-13-26-14-12-24)21-15-17-23-22-16-7-3-5-10-25(16)17/h3,5,7,10H,2,4,6,8-9,11-15H2,1H3,(H2,19,20,21). The first-order chi connectivity index (χ1) is 12.9. The third-order valence-electron chi connectivity index (χ3n) is 4.40. The quantitative estimate of drug-likeness (QED) is 0.414. The number of aliphatic imine (C=N–C) groups is 1. The van der Waals surface area contributed by atoms with Crippen LogP contribution in [0.2, 0.25) is 0 Å². The van der Waals surface area contributed by atoms with Crippen molar-refractivity contribution < 1.29 is 4.74 Å². The highest BCUT2D eigenvalue weighted by molar-refractivity contribution is 5.79. The fourth-order valence-corrected chi connectivity index (χ4v) is 2.98. The third kappa shape index (κ3) is 5.40. The normalized spacial score (nSPS) is 16.1. The van der Waals surface area contributed by atoms with E-state index in [1.807, 2.05) is 28.8 Å².